The minimum Gasteiger partial charge on any atom is -0.493 e. The van der Waals surface area contributed by atoms with E-state index < -0.39 is 0 Å². The molecule has 0 bridgehead atoms. The molecule has 1 aliphatic heterocycles. The van der Waals surface area contributed by atoms with Gasteiger partial charge in [0.15, 0.2) is 23.6 Å². The second kappa shape index (κ2) is 11.6. The number of carbonyl (C=O) groups is 2. The average Bonchev–Trinajstić information content (AvgIpc) is 3.44. The summed E-state index contributed by atoms with van der Waals surface area (Å²) in [5.41, 5.74) is 4.52. The van der Waals surface area contributed by atoms with Gasteiger partial charge in [-0.1, -0.05) is 24.8 Å². The molecule has 1 N–H and O–H groups in total. The number of benzene rings is 2. The van der Waals surface area contributed by atoms with Crippen LogP contribution in [-0.2, 0) is 18.3 Å². The Labute approximate surface area is 216 Å². The predicted octanol–water partition coefficient (Wildman–Crippen LogP) is 4.62. The van der Waals surface area contributed by atoms with E-state index in [2.05, 4.69) is 16.9 Å². The van der Waals surface area contributed by atoms with Crippen LogP contribution in [0.5, 0.6) is 11.5 Å². The van der Waals surface area contributed by atoms with E-state index in [9.17, 15) is 9.59 Å². The Balaban J connectivity index is 1.36. The summed E-state index contributed by atoms with van der Waals surface area (Å²) in [6.07, 6.45) is 7.22. The summed E-state index contributed by atoms with van der Waals surface area (Å²) in [4.78, 5) is 33.3. The lowest BCUT2D eigenvalue weighted by molar-refractivity contribution is -0.107. The highest BCUT2D eigenvalue weighted by Gasteiger charge is 2.27. The maximum absolute atomic E-state index is 11.7. The van der Waals surface area contributed by atoms with E-state index in [1.165, 1.54) is 0 Å². The number of para-hydroxylation sites is 1. The van der Waals surface area contributed by atoms with E-state index in [1.54, 1.807) is 29.8 Å². The summed E-state index contributed by atoms with van der Waals surface area (Å²) in [7, 11) is 3.37. The molecule has 1 amide bonds. The van der Waals surface area contributed by atoms with Gasteiger partial charge in [0.25, 0.3) is 0 Å². The van der Waals surface area contributed by atoms with Crippen molar-refractivity contribution in [2.45, 2.75) is 32.2 Å². The summed E-state index contributed by atoms with van der Waals surface area (Å²) in [5, 5.41) is 3.12. The fourth-order valence-electron chi connectivity index (χ4n) is 4.29. The summed E-state index contributed by atoms with van der Waals surface area (Å²) in [6, 6.07) is 11.5. The first kappa shape index (κ1) is 25.7. The maximum atomic E-state index is 11.7. The molecule has 0 saturated carbocycles. The highest BCUT2D eigenvalue weighted by Crippen LogP contribution is 2.35. The van der Waals surface area contributed by atoms with Gasteiger partial charge < -0.3 is 24.3 Å². The van der Waals surface area contributed by atoms with E-state index in [-0.39, 0.29) is 6.04 Å². The molecular formula is C28H31N5O4. The number of hydrogen-bond donors (Lipinski definition) is 1. The van der Waals surface area contributed by atoms with Gasteiger partial charge in [-0.3, -0.25) is 14.6 Å². The number of aromatic nitrogens is 2. The predicted molar refractivity (Wildman–Crippen MR) is 144 cm³/mol. The normalized spacial score (nSPS) is 14.5. The fourth-order valence-corrected chi connectivity index (χ4v) is 4.29. The standard InChI is InChI=1S/C28H31N5O4/c1-19-12-25(36-4)26(37-11-7-8-20(2)30-27-16-32(3)28(17-34)31-27)14-23(19)29-15-22-13-21-9-5-6-10-24(21)33(22)18-35/h5-6,9-10,12,14-18,22,30H,2,7-8,11,13H2,1,3-4H3/b29-15-. The molecule has 2 heterocycles. The van der Waals surface area contributed by atoms with Crippen molar-refractivity contribution in [2.24, 2.45) is 12.0 Å². The Hall–Kier alpha value is -4.40. The van der Waals surface area contributed by atoms with Crippen molar-refractivity contribution in [3.8, 4) is 11.5 Å². The largest absolute Gasteiger partial charge is 0.493 e. The van der Waals surface area contributed by atoms with Crippen LogP contribution in [0.25, 0.3) is 0 Å². The Morgan fingerprint density at radius 2 is 2.08 bits per heavy atom. The number of methoxy groups -OCH3 is 1. The van der Waals surface area contributed by atoms with E-state index in [0.717, 1.165) is 41.0 Å². The van der Waals surface area contributed by atoms with E-state index >= 15 is 0 Å². The van der Waals surface area contributed by atoms with Crippen LogP contribution >= 0.6 is 0 Å². The van der Waals surface area contributed by atoms with Crippen molar-refractivity contribution in [3.63, 3.8) is 0 Å². The van der Waals surface area contributed by atoms with Gasteiger partial charge in [0.2, 0.25) is 6.41 Å². The topological polar surface area (TPSA) is 98.0 Å². The summed E-state index contributed by atoms with van der Waals surface area (Å²) in [5.74, 6) is 2.16. The Morgan fingerprint density at radius 1 is 1.27 bits per heavy atom. The number of nitrogens with zero attached hydrogens (tertiary/aromatic N) is 4. The number of imidazole rings is 1. The molecule has 2 aromatic carbocycles. The number of carbonyl (C=O) groups excluding carboxylic acids is 2. The molecule has 0 fully saturated rings. The van der Waals surface area contributed by atoms with Crippen molar-refractivity contribution >= 4 is 36.1 Å². The number of nitrogens with one attached hydrogen (secondary N) is 1. The molecule has 1 unspecified atom stereocenters. The van der Waals surface area contributed by atoms with Gasteiger partial charge in [-0.05, 0) is 43.0 Å². The molecule has 3 aromatic rings. The molecule has 0 radical (unpaired) electrons. The molecule has 1 aromatic heterocycles. The number of fused-ring (bicyclic) bond motifs is 1. The lowest BCUT2D eigenvalue weighted by atomic mass is 10.1. The highest BCUT2D eigenvalue weighted by molar-refractivity contribution is 5.90. The lowest BCUT2D eigenvalue weighted by Gasteiger charge is -2.17. The summed E-state index contributed by atoms with van der Waals surface area (Å²) >= 11 is 0. The molecule has 0 spiro atoms. The van der Waals surface area contributed by atoms with Crippen LogP contribution < -0.4 is 19.7 Å². The van der Waals surface area contributed by atoms with Gasteiger partial charge in [-0.25, -0.2) is 4.98 Å². The van der Waals surface area contributed by atoms with Crippen molar-refractivity contribution in [1.82, 2.24) is 9.55 Å². The van der Waals surface area contributed by atoms with Gasteiger partial charge >= 0.3 is 0 Å². The molecule has 37 heavy (non-hydrogen) atoms. The molecule has 4 rings (SSSR count). The van der Waals surface area contributed by atoms with Crippen LogP contribution in [0.1, 0.15) is 34.6 Å². The number of aldehydes is 1. The van der Waals surface area contributed by atoms with Gasteiger partial charge in [0.1, 0.15) is 5.82 Å². The lowest BCUT2D eigenvalue weighted by Crippen LogP contribution is -2.31. The quantitative estimate of drug-likeness (QED) is 0.221. The number of hydrogen-bond acceptors (Lipinski definition) is 7. The molecule has 9 nitrogen and oxygen atoms in total. The van der Waals surface area contributed by atoms with Crippen LogP contribution in [0.15, 0.2) is 59.9 Å². The SMILES string of the molecule is C=C(CCCOc1cc(/N=C\C2Cc3ccccc3N2C=O)c(C)cc1OC)Nc1cn(C)c(C=O)n1. The van der Waals surface area contributed by atoms with E-state index in [1.807, 2.05) is 49.5 Å². The van der Waals surface area contributed by atoms with Crippen molar-refractivity contribution in [3.05, 3.63) is 71.8 Å². The minimum atomic E-state index is -0.138. The van der Waals surface area contributed by atoms with Gasteiger partial charge in [0.05, 0.1) is 25.4 Å². The molecular weight excluding hydrogens is 470 g/mol. The number of aliphatic imine (C=N–C) groups is 1. The maximum Gasteiger partial charge on any atom is 0.214 e. The smallest absolute Gasteiger partial charge is 0.214 e. The zero-order valence-corrected chi connectivity index (χ0v) is 21.3. The number of anilines is 2. The minimum absolute atomic E-state index is 0.138. The first-order valence-corrected chi connectivity index (χ1v) is 12.0. The Bertz CT molecular complexity index is 1330. The molecule has 9 heteroatoms. The van der Waals surface area contributed by atoms with Crippen molar-refractivity contribution < 1.29 is 19.1 Å². The number of allylic oxidation sites excluding steroid dienone is 1. The third-order valence-corrected chi connectivity index (χ3v) is 6.24. The number of ether oxygens (including phenoxy) is 2. The monoisotopic (exact) mass is 501 g/mol. The molecule has 1 atom stereocenters. The first-order chi connectivity index (χ1) is 17.9. The van der Waals surface area contributed by atoms with Crippen molar-refractivity contribution in [1.29, 1.82) is 0 Å². The summed E-state index contributed by atoms with van der Waals surface area (Å²) in [6.45, 7) is 6.44. The first-order valence-electron chi connectivity index (χ1n) is 12.0. The third kappa shape index (κ3) is 5.88. The summed E-state index contributed by atoms with van der Waals surface area (Å²) < 4.78 is 13.2. The number of rotatable bonds is 12. The van der Waals surface area contributed by atoms with E-state index in [0.29, 0.717) is 48.9 Å². The van der Waals surface area contributed by atoms with Gasteiger partial charge in [-0.2, -0.15) is 0 Å². The third-order valence-electron chi connectivity index (χ3n) is 6.24. The van der Waals surface area contributed by atoms with Crippen LogP contribution in [0.4, 0.5) is 17.2 Å². The van der Waals surface area contributed by atoms with Crippen LogP contribution in [0, 0.1) is 6.92 Å². The van der Waals surface area contributed by atoms with Crippen LogP contribution in [0.3, 0.4) is 0 Å². The average molecular weight is 502 g/mol. The number of aryl methyl sites for hydroxylation is 2. The van der Waals surface area contributed by atoms with Crippen LogP contribution in [0.2, 0.25) is 0 Å². The molecule has 192 valence electrons. The second-order valence-electron chi connectivity index (χ2n) is 8.87. The van der Waals surface area contributed by atoms with Crippen LogP contribution in [-0.4, -0.2) is 48.2 Å². The Kier molecular flexibility index (Phi) is 8.02. The van der Waals surface area contributed by atoms with Crippen molar-refractivity contribution in [2.75, 3.05) is 23.9 Å². The highest BCUT2D eigenvalue weighted by atomic mass is 16.5. The zero-order chi connectivity index (χ0) is 26.4. The van der Waals surface area contributed by atoms with Gasteiger partial charge in [0, 0.05) is 43.3 Å². The van der Waals surface area contributed by atoms with Gasteiger partial charge in [-0.15, -0.1) is 0 Å². The molecule has 0 aliphatic carbocycles. The Morgan fingerprint density at radius 3 is 2.81 bits per heavy atom. The zero-order valence-electron chi connectivity index (χ0n) is 21.3. The second-order valence-corrected chi connectivity index (χ2v) is 8.87. The van der Waals surface area contributed by atoms with E-state index in [4.69, 9.17) is 14.5 Å². The fraction of sp³-hybridized carbons (Fsp3) is 0.286. The number of amides is 1. The molecule has 0 saturated heterocycles. The molecule has 1 aliphatic rings.